The van der Waals surface area contributed by atoms with Gasteiger partial charge in [0.25, 0.3) is 0 Å². The summed E-state index contributed by atoms with van der Waals surface area (Å²) < 4.78 is 43.6. The first-order chi connectivity index (χ1) is 20.5. The molecule has 4 aromatic rings. The summed E-state index contributed by atoms with van der Waals surface area (Å²) >= 11 is 6.42. The number of rotatable bonds is 15. The molecule has 4 aromatic carbocycles. The highest BCUT2D eigenvalue weighted by Crippen LogP contribution is 2.52. The van der Waals surface area contributed by atoms with Crippen LogP contribution in [0.2, 0.25) is 5.02 Å². The third kappa shape index (κ3) is 7.45. The maximum absolute atomic E-state index is 13.9. The van der Waals surface area contributed by atoms with Gasteiger partial charge in [0.15, 0.2) is 11.5 Å². The monoisotopic (exact) mass is 594 g/mol. The number of para-hydroxylation sites is 1. The molecule has 0 unspecified atom stereocenters. The van der Waals surface area contributed by atoms with E-state index in [9.17, 15) is 9.18 Å². The van der Waals surface area contributed by atoms with Crippen LogP contribution in [-0.4, -0.2) is 32.9 Å². The van der Waals surface area contributed by atoms with Crippen LogP contribution >= 0.6 is 11.6 Å². The van der Waals surface area contributed by atoms with Crippen LogP contribution in [0.4, 0.5) is 4.39 Å². The first-order valence-corrected chi connectivity index (χ1v) is 14.6. The summed E-state index contributed by atoms with van der Waals surface area (Å²) in [6.45, 7) is 4.76. The second-order valence-corrected chi connectivity index (χ2v) is 10.0. The van der Waals surface area contributed by atoms with Crippen molar-refractivity contribution in [3.05, 3.63) is 88.7 Å². The lowest BCUT2D eigenvalue weighted by atomic mass is 10.1. The molecule has 4 rings (SSSR count). The number of unbranched alkanes of at least 4 members (excludes halogenated alkanes) is 3. The number of ether oxygens (including phenoxy) is 5. The SMILES string of the molecule is CCOc1c(OCC)c(OC(=O)c2ccccc2OC)c2ccc(Cl)cc2c1OCCCCCCc1ccccc1F. The number of aryl methyl sites for hydroxylation is 1. The lowest BCUT2D eigenvalue weighted by Crippen LogP contribution is -2.13. The van der Waals surface area contributed by atoms with Gasteiger partial charge >= 0.3 is 5.97 Å². The average molecular weight is 595 g/mol. The fourth-order valence-electron chi connectivity index (χ4n) is 4.76. The smallest absolute Gasteiger partial charge is 0.347 e. The standard InChI is InChI=1S/C34H36ClFO6/c1-4-39-32-30(41-21-13-7-6-8-14-23-15-9-11-17-28(23)36)27-22-24(35)19-20-25(27)31(33(32)40-5-2)42-34(37)26-16-10-12-18-29(26)38-3/h9-12,15-20,22H,4-8,13-14,21H2,1-3H3. The van der Waals surface area contributed by atoms with Crippen LogP contribution in [0.1, 0.15) is 55.5 Å². The van der Waals surface area contributed by atoms with Gasteiger partial charge in [0.05, 0.1) is 26.9 Å². The molecule has 0 heterocycles. The van der Waals surface area contributed by atoms with Crippen LogP contribution in [0.3, 0.4) is 0 Å². The number of fused-ring (bicyclic) bond motifs is 1. The van der Waals surface area contributed by atoms with Gasteiger partial charge < -0.3 is 23.7 Å². The number of esters is 1. The van der Waals surface area contributed by atoms with E-state index in [2.05, 4.69) is 0 Å². The normalized spacial score (nSPS) is 10.9. The third-order valence-corrected chi connectivity index (χ3v) is 6.97. The first kappa shape index (κ1) is 31.0. The van der Waals surface area contributed by atoms with Crippen LogP contribution in [-0.2, 0) is 6.42 Å². The Morgan fingerprint density at radius 2 is 1.45 bits per heavy atom. The number of halogens is 2. The Morgan fingerprint density at radius 1 is 0.762 bits per heavy atom. The van der Waals surface area contributed by atoms with Gasteiger partial charge in [-0.05, 0) is 75.1 Å². The molecule has 0 fully saturated rings. The van der Waals surface area contributed by atoms with Crippen LogP contribution < -0.4 is 23.7 Å². The van der Waals surface area contributed by atoms with Gasteiger partial charge in [-0.15, -0.1) is 0 Å². The zero-order valence-electron chi connectivity index (χ0n) is 24.2. The highest BCUT2D eigenvalue weighted by molar-refractivity contribution is 6.31. The number of hydrogen-bond acceptors (Lipinski definition) is 6. The molecular weight excluding hydrogens is 559 g/mol. The van der Waals surface area contributed by atoms with Crippen molar-refractivity contribution in [2.24, 2.45) is 0 Å². The topological polar surface area (TPSA) is 63.2 Å². The minimum Gasteiger partial charge on any atom is -0.496 e. The van der Waals surface area contributed by atoms with Crippen molar-refractivity contribution in [1.29, 1.82) is 0 Å². The predicted molar refractivity (Wildman–Crippen MR) is 163 cm³/mol. The van der Waals surface area contributed by atoms with E-state index in [0.29, 0.717) is 59.3 Å². The number of hydrogen-bond donors (Lipinski definition) is 0. The average Bonchev–Trinajstić information content (AvgIpc) is 3.00. The van der Waals surface area contributed by atoms with Gasteiger partial charge in [-0.1, -0.05) is 54.8 Å². The largest absolute Gasteiger partial charge is 0.496 e. The number of carbonyl (C=O) groups is 1. The number of methoxy groups -OCH3 is 1. The van der Waals surface area contributed by atoms with Crippen molar-refractivity contribution in [2.45, 2.75) is 46.0 Å². The first-order valence-electron chi connectivity index (χ1n) is 14.2. The Bertz CT molecular complexity index is 1510. The summed E-state index contributed by atoms with van der Waals surface area (Å²) in [5.74, 6) is 0.943. The lowest BCUT2D eigenvalue weighted by Gasteiger charge is -2.22. The quantitative estimate of drug-likeness (QED) is 0.0778. The molecule has 6 nitrogen and oxygen atoms in total. The molecule has 0 amide bonds. The van der Waals surface area contributed by atoms with Gasteiger partial charge in [-0.3, -0.25) is 0 Å². The van der Waals surface area contributed by atoms with Crippen LogP contribution in [0, 0.1) is 5.82 Å². The molecule has 0 radical (unpaired) electrons. The molecule has 0 spiro atoms. The summed E-state index contributed by atoms with van der Waals surface area (Å²) in [6.07, 6.45) is 4.26. The Hall–Kier alpha value is -3.97. The summed E-state index contributed by atoms with van der Waals surface area (Å²) in [5, 5.41) is 1.72. The van der Waals surface area contributed by atoms with Gasteiger partial charge in [0.1, 0.15) is 17.1 Å². The molecule has 0 saturated heterocycles. The van der Waals surface area contributed by atoms with E-state index >= 15 is 0 Å². The van der Waals surface area contributed by atoms with E-state index < -0.39 is 5.97 Å². The Kier molecular flexibility index (Phi) is 11.3. The van der Waals surface area contributed by atoms with E-state index in [0.717, 1.165) is 31.2 Å². The van der Waals surface area contributed by atoms with Crippen molar-refractivity contribution >= 4 is 28.3 Å². The highest BCUT2D eigenvalue weighted by atomic mass is 35.5. The predicted octanol–water partition coefficient (Wildman–Crippen LogP) is 8.84. The van der Waals surface area contributed by atoms with Gasteiger partial charge in [0, 0.05) is 15.8 Å². The Labute approximate surface area is 251 Å². The lowest BCUT2D eigenvalue weighted by molar-refractivity contribution is 0.0726. The second-order valence-electron chi connectivity index (χ2n) is 9.57. The fourth-order valence-corrected chi connectivity index (χ4v) is 4.93. The highest BCUT2D eigenvalue weighted by Gasteiger charge is 2.27. The zero-order valence-corrected chi connectivity index (χ0v) is 25.0. The molecule has 8 heteroatoms. The van der Waals surface area contributed by atoms with Gasteiger partial charge in [-0.25, -0.2) is 9.18 Å². The fraction of sp³-hybridized carbons (Fsp3) is 0.324. The van der Waals surface area contributed by atoms with Gasteiger partial charge in [-0.2, -0.15) is 0 Å². The molecule has 0 aromatic heterocycles. The molecule has 0 aliphatic rings. The van der Waals surface area contributed by atoms with Crippen molar-refractivity contribution in [1.82, 2.24) is 0 Å². The molecule has 0 aliphatic carbocycles. The number of benzene rings is 4. The van der Waals surface area contributed by atoms with E-state index in [-0.39, 0.29) is 22.9 Å². The minimum atomic E-state index is -0.601. The molecular formula is C34H36ClFO6. The second kappa shape index (κ2) is 15.3. The summed E-state index contributed by atoms with van der Waals surface area (Å²) in [5.41, 5.74) is 1.02. The van der Waals surface area contributed by atoms with Crippen LogP contribution in [0.25, 0.3) is 10.8 Å². The minimum absolute atomic E-state index is 0.156. The summed E-state index contributed by atoms with van der Waals surface area (Å²) in [7, 11) is 1.50. The molecule has 0 N–H and O–H groups in total. The molecule has 42 heavy (non-hydrogen) atoms. The van der Waals surface area contributed by atoms with Crippen molar-refractivity contribution in [3.63, 3.8) is 0 Å². The molecule has 0 bridgehead atoms. The summed E-state index contributed by atoms with van der Waals surface area (Å²) in [4.78, 5) is 13.3. The van der Waals surface area contributed by atoms with E-state index in [1.165, 1.54) is 13.2 Å². The van der Waals surface area contributed by atoms with E-state index in [1.807, 2.05) is 26.0 Å². The zero-order chi connectivity index (χ0) is 29.9. The van der Waals surface area contributed by atoms with E-state index in [4.69, 9.17) is 35.3 Å². The molecule has 0 saturated carbocycles. The van der Waals surface area contributed by atoms with Crippen molar-refractivity contribution in [3.8, 4) is 28.7 Å². The molecule has 0 atom stereocenters. The Balaban J connectivity index is 1.59. The maximum atomic E-state index is 13.9. The van der Waals surface area contributed by atoms with Gasteiger partial charge in [0.2, 0.25) is 11.5 Å². The third-order valence-electron chi connectivity index (χ3n) is 6.73. The van der Waals surface area contributed by atoms with Crippen LogP contribution in [0.15, 0.2) is 66.7 Å². The Morgan fingerprint density at radius 3 is 2.19 bits per heavy atom. The summed E-state index contributed by atoms with van der Waals surface area (Å²) in [6, 6.07) is 19.0. The van der Waals surface area contributed by atoms with Crippen molar-refractivity contribution in [2.75, 3.05) is 26.9 Å². The maximum Gasteiger partial charge on any atom is 0.347 e. The molecule has 0 aliphatic heterocycles. The molecule has 222 valence electrons. The van der Waals surface area contributed by atoms with Crippen molar-refractivity contribution < 1.29 is 32.9 Å². The van der Waals surface area contributed by atoms with Crippen LogP contribution in [0.5, 0.6) is 28.7 Å². The van der Waals surface area contributed by atoms with E-state index in [1.54, 1.807) is 48.5 Å². The number of carbonyl (C=O) groups excluding carboxylic acids is 1.